The van der Waals surface area contributed by atoms with E-state index < -0.39 is 5.97 Å². The number of nitrogens with one attached hydrogen (secondary N) is 1. The summed E-state index contributed by atoms with van der Waals surface area (Å²) in [7, 11) is 0. The fraction of sp³-hybridized carbons (Fsp3) is 0.400. The van der Waals surface area contributed by atoms with E-state index in [0.29, 0.717) is 6.54 Å². The lowest BCUT2D eigenvalue weighted by Crippen LogP contribution is -2.11. The van der Waals surface area contributed by atoms with Crippen LogP contribution in [-0.4, -0.2) is 17.6 Å². The number of carbonyl (C=O) groups is 1. The first kappa shape index (κ1) is 14.3. The Labute approximate surface area is 109 Å². The molecule has 0 atom stereocenters. The van der Waals surface area contributed by atoms with Gasteiger partial charge in [-0.05, 0) is 35.6 Å². The van der Waals surface area contributed by atoms with Gasteiger partial charge >= 0.3 is 5.97 Å². The molecule has 0 aliphatic carbocycles. The highest BCUT2D eigenvalue weighted by Gasteiger charge is 2.12. The zero-order chi connectivity index (χ0) is 13.8. The molecule has 0 fully saturated rings. The Morgan fingerprint density at radius 3 is 2.28 bits per heavy atom. The van der Waals surface area contributed by atoms with Crippen LogP contribution < -0.4 is 5.32 Å². The molecule has 1 aromatic carbocycles. The predicted octanol–water partition coefficient (Wildman–Crippen LogP) is 3.43. The Morgan fingerprint density at radius 1 is 1.28 bits per heavy atom. The van der Waals surface area contributed by atoms with Gasteiger partial charge in [0, 0.05) is 18.3 Å². The van der Waals surface area contributed by atoms with Crippen molar-refractivity contribution in [3.8, 4) is 0 Å². The van der Waals surface area contributed by atoms with E-state index in [-0.39, 0.29) is 5.41 Å². The molecule has 0 amide bonds. The minimum atomic E-state index is -0.905. The molecule has 2 N–H and O–H groups in total. The molecular formula is C15H21NO2. The highest BCUT2D eigenvalue weighted by atomic mass is 16.4. The lowest BCUT2D eigenvalue weighted by Gasteiger charge is -2.19. The third-order valence-electron chi connectivity index (χ3n) is 2.69. The SMILES string of the molecule is C/C(=C/C(=O)O)CNc1ccc(C(C)(C)C)cc1. The highest BCUT2D eigenvalue weighted by Crippen LogP contribution is 2.23. The van der Waals surface area contributed by atoms with Gasteiger partial charge < -0.3 is 10.4 Å². The molecule has 0 bridgehead atoms. The molecule has 0 aliphatic heterocycles. The van der Waals surface area contributed by atoms with Crippen LogP contribution in [-0.2, 0) is 10.2 Å². The Balaban J connectivity index is 2.63. The molecule has 3 nitrogen and oxygen atoms in total. The topological polar surface area (TPSA) is 49.3 Å². The maximum absolute atomic E-state index is 10.5. The van der Waals surface area contributed by atoms with Gasteiger partial charge in [-0.2, -0.15) is 0 Å². The van der Waals surface area contributed by atoms with E-state index >= 15 is 0 Å². The summed E-state index contributed by atoms with van der Waals surface area (Å²) in [6, 6.07) is 8.24. The summed E-state index contributed by atoms with van der Waals surface area (Å²) >= 11 is 0. The van der Waals surface area contributed by atoms with E-state index in [0.717, 1.165) is 11.3 Å². The quantitative estimate of drug-likeness (QED) is 0.801. The van der Waals surface area contributed by atoms with Gasteiger partial charge in [-0.25, -0.2) is 4.79 Å². The lowest BCUT2D eigenvalue weighted by molar-refractivity contribution is -0.131. The van der Waals surface area contributed by atoms with Gasteiger partial charge in [0.15, 0.2) is 0 Å². The van der Waals surface area contributed by atoms with Crippen molar-refractivity contribution in [2.24, 2.45) is 0 Å². The summed E-state index contributed by atoms with van der Waals surface area (Å²) < 4.78 is 0. The van der Waals surface area contributed by atoms with Crippen LogP contribution in [0.25, 0.3) is 0 Å². The third kappa shape index (κ3) is 4.62. The number of carboxylic acids is 1. The van der Waals surface area contributed by atoms with Gasteiger partial charge in [0.25, 0.3) is 0 Å². The van der Waals surface area contributed by atoms with Crippen LogP contribution in [0.15, 0.2) is 35.9 Å². The number of aliphatic carboxylic acids is 1. The monoisotopic (exact) mass is 247 g/mol. The minimum Gasteiger partial charge on any atom is -0.478 e. The van der Waals surface area contributed by atoms with Crippen LogP contribution >= 0.6 is 0 Å². The molecule has 1 rings (SSSR count). The summed E-state index contributed by atoms with van der Waals surface area (Å²) in [4.78, 5) is 10.5. The second-order valence-corrected chi connectivity index (χ2v) is 5.51. The molecule has 98 valence electrons. The molecule has 0 unspecified atom stereocenters. The highest BCUT2D eigenvalue weighted by molar-refractivity contribution is 5.80. The summed E-state index contributed by atoms with van der Waals surface area (Å²) in [5.41, 5.74) is 3.23. The number of hydrogen-bond donors (Lipinski definition) is 2. The first-order chi connectivity index (χ1) is 8.29. The zero-order valence-electron chi connectivity index (χ0n) is 11.4. The van der Waals surface area contributed by atoms with Gasteiger partial charge in [0.1, 0.15) is 0 Å². The Morgan fingerprint density at radius 2 is 1.83 bits per heavy atom. The van der Waals surface area contributed by atoms with Crippen molar-refractivity contribution < 1.29 is 9.90 Å². The van der Waals surface area contributed by atoms with E-state index in [1.807, 2.05) is 12.1 Å². The molecular weight excluding hydrogens is 226 g/mol. The van der Waals surface area contributed by atoms with E-state index in [1.54, 1.807) is 6.92 Å². The van der Waals surface area contributed by atoms with Crippen LogP contribution in [0.1, 0.15) is 33.3 Å². The van der Waals surface area contributed by atoms with Crippen molar-refractivity contribution in [3.05, 3.63) is 41.5 Å². The number of hydrogen-bond acceptors (Lipinski definition) is 2. The molecule has 0 aromatic heterocycles. The molecule has 0 heterocycles. The second-order valence-electron chi connectivity index (χ2n) is 5.51. The van der Waals surface area contributed by atoms with Gasteiger partial charge in [-0.15, -0.1) is 0 Å². The van der Waals surface area contributed by atoms with Crippen molar-refractivity contribution in [1.82, 2.24) is 0 Å². The summed E-state index contributed by atoms with van der Waals surface area (Å²) in [6.07, 6.45) is 1.22. The van der Waals surface area contributed by atoms with Crippen molar-refractivity contribution in [3.63, 3.8) is 0 Å². The lowest BCUT2D eigenvalue weighted by atomic mass is 9.87. The maximum Gasteiger partial charge on any atom is 0.328 e. The minimum absolute atomic E-state index is 0.150. The van der Waals surface area contributed by atoms with Crippen LogP contribution in [0.3, 0.4) is 0 Å². The molecule has 18 heavy (non-hydrogen) atoms. The predicted molar refractivity (Wildman–Crippen MR) is 75.0 cm³/mol. The zero-order valence-corrected chi connectivity index (χ0v) is 11.4. The standard InChI is InChI=1S/C15H21NO2/c1-11(9-14(17)18)10-16-13-7-5-12(6-8-13)15(2,3)4/h5-9,16H,10H2,1-4H3,(H,17,18)/b11-9-. The number of benzene rings is 1. The van der Waals surface area contributed by atoms with Crippen LogP contribution in [0, 0.1) is 0 Å². The van der Waals surface area contributed by atoms with Gasteiger partial charge in [0.05, 0.1) is 0 Å². The molecule has 0 saturated carbocycles. The van der Waals surface area contributed by atoms with Crippen LogP contribution in [0.2, 0.25) is 0 Å². The van der Waals surface area contributed by atoms with Gasteiger partial charge in [0.2, 0.25) is 0 Å². The largest absolute Gasteiger partial charge is 0.478 e. The molecule has 0 spiro atoms. The van der Waals surface area contributed by atoms with Crippen LogP contribution in [0.5, 0.6) is 0 Å². The second kappa shape index (κ2) is 5.71. The number of anilines is 1. The van der Waals surface area contributed by atoms with Crippen molar-refractivity contribution in [2.75, 3.05) is 11.9 Å². The normalized spacial score (nSPS) is 12.3. The fourth-order valence-corrected chi connectivity index (χ4v) is 1.59. The van der Waals surface area contributed by atoms with Crippen molar-refractivity contribution in [2.45, 2.75) is 33.1 Å². The Kier molecular flexibility index (Phi) is 4.54. The van der Waals surface area contributed by atoms with Gasteiger partial charge in [-0.1, -0.05) is 32.9 Å². The molecule has 0 radical (unpaired) electrons. The smallest absolute Gasteiger partial charge is 0.328 e. The Bertz CT molecular complexity index is 439. The van der Waals surface area contributed by atoms with E-state index in [9.17, 15) is 4.79 Å². The van der Waals surface area contributed by atoms with E-state index in [1.165, 1.54) is 11.6 Å². The number of rotatable bonds is 4. The average Bonchev–Trinajstić information content (AvgIpc) is 2.25. The third-order valence-corrected chi connectivity index (χ3v) is 2.69. The summed E-state index contributed by atoms with van der Waals surface area (Å²) in [5, 5.41) is 11.8. The number of carboxylic acid groups (broad SMARTS) is 1. The molecule has 1 aromatic rings. The van der Waals surface area contributed by atoms with E-state index in [2.05, 4.69) is 38.2 Å². The average molecular weight is 247 g/mol. The first-order valence-corrected chi connectivity index (χ1v) is 6.03. The van der Waals surface area contributed by atoms with Crippen molar-refractivity contribution in [1.29, 1.82) is 0 Å². The molecule has 3 heteroatoms. The molecule has 0 aliphatic rings. The first-order valence-electron chi connectivity index (χ1n) is 6.03. The maximum atomic E-state index is 10.5. The molecule has 0 saturated heterocycles. The van der Waals surface area contributed by atoms with Gasteiger partial charge in [-0.3, -0.25) is 0 Å². The Hall–Kier alpha value is -1.77. The summed E-state index contributed by atoms with van der Waals surface area (Å²) in [5.74, 6) is -0.905. The van der Waals surface area contributed by atoms with Crippen LogP contribution in [0.4, 0.5) is 5.69 Å². The van der Waals surface area contributed by atoms with Crippen molar-refractivity contribution >= 4 is 11.7 Å². The fourth-order valence-electron chi connectivity index (χ4n) is 1.59. The summed E-state index contributed by atoms with van der Waals surface area (Å²) in [6.45, 7) is 8.87. The van der Waals surface area contributed by atoms with E-state index in [4.69, 9.17) is 5.11 Å².